The summed E-state index contributed by atoms with van der Waals surface area (Å²) >= 11 is 9.26. The third-order valence-corrected chi connectivity index (χ3v) is 4.86. The van der Waals surface area contributed by atoms with Crippen molar-refractivity contribution in [2.75, 3.05) is 26.2 Å². The molecule has 4 nitrogen and oxygen atoms in total. The van der Waals surface area contributed by atoms with Gasteiger partial charge in [0.2, 0.25) is 5.91 Å². The monoisotopic (exact) mass is 388 g/mol. The van der Waals surface area contributed by atoms with Crippen molar-refractivity contribution in [1.29, 1.82) is 0 Å². The number of piperidine rings is 1. The smallest absolute Gasteiger partial charge is 0.223 e. The van der Waals surface area contributed by atoms with Gasteiger partial charge in [0, 0.05) is 11.6 Å². The van der Waals surface area contributed by atoms with Crippen LogP contribution in [0.15, 0.2) is 22.7 Å². The Morgan fingerprint density at radius 2 is 2.18 bits per heavy atom. The number of ether oxygens (including phenoxy) is 1. The number of benzene rings is 1. The largest absolute Gasteiger partial charge is 0.492 e. The number of rotatable bonds is 6. The minimum atomic E-state index is 0.0323. The van der Waals surface area contributed by atoms with Crippen LogP contribution in [0.5, 0.6) is 5.75 Å². The normalized spacial score (nSPS) is 17.0. The zero-order chi connectivity index (χ0) is 16.0. The van der Waals surface area contributed by atoms with Gasteiger partial charge in [0.25, 0.3) is 0 Å². The molecule has 0 saturated carbocycles. The first-order valence-electron chi connectivity index (χ1n) is 7.54. The van der Waals surface area contributed by atoms with Crippen LogP contribution in [0.1, 0.15) is 26.2 Å². The number of hydrogen-bond donors (Lipinski definition) is 2. The van der Waals surface area contributed by atoms with Crippen molar-refractivity contribution >= 4 is 33.4 Å². The molecular weight excluding hydrogens is 368 g/mol. The van der Waals surface area contributed by atoms with Gasteiger partial charge in [-0.3, -0.25) is 4.79 Å². The van der Waals surface area contributed by atoms with E-state index < -0.39 is 0 Å². The quantitative estimate of drug-likeness (QED) is 0.784. The van der Waals surface area contributed by atoms with Gasteiger partial charge < -0.3 is 15.4 Å². The Bertz CT molecular complexity index is 519. The van der Waals surface area contributed by atoms with E-state index in [1.54, 1.807) is 18.2 Å². The highest BCUT2D eigenvalue weighted by Gasteiger charge is 2.26. The topological polar surface area (TPSA) is 50.4 Å². The van der Waals surface area contributed by atoms with Crippen LogP contribution in [-0.2, 0) is 4.79 Å². The Labute approximate surface area is 145 Å². The summed E-state index contributed by atoms with van der Waals surface area (Å²) in [5, 5.41) is 7.01. The van der Waals surface area contributed by atoms with Crippen LogP contribution >= 0.6 is 27.5 Å². The second-order valence-electron chi connectivity index (χ2n) is 6.01. The van der Waals surface area contributed by atoms with E-state index in [0.717, 1.165) is 36.9 Å². The lowest BCUT2D eigenvalue weighted by Crippen LogP contribution is -2.43. The van der Waals surface area contributed by atoms with Crippen molar-refractivity contribution in [3.63, 3.8) is 0 Å². The molecule has 0 atom stereocenters. The van der Waals surface area contributed by atoms with E-state index in [1.807, 2.05) is 0 Å². The van der Waals surface area contributed by atoms with Crippen molar-refractivity contribution in [3.05, 3.63) is 27.7 Å². The van der Waals surface area contributed by atoms with Crippen molar-refractivity contribution in [1.82, 2.24) is 10.6 Å². The molecule has 0 bridgehead atoms. The molecule has 122 valence electrons. The fourth-order valence-electron chi connectivity index (χ4n) is 2.45. The summed E-state index contributed by atoms with van der Waals surface area (Å²) in [6.45, 7) is 5.37. The number of carbonyl (C=O) groups excluding carboxylic acids is 1. The van der Waals surface area contributed by atoms with Crippen LogP contribution in [-0.4, -0.2) is 32.1 Å². The van der Waals surface area contributed by atoms with E-state index in [9.17, 15) is 4.79 Å². The summed E-state index contributed by atoms with van der Waals surface area (Å²) in [5.74, 6) is 0.729. The minimum absolute atomic E-state index is 0.0323. The van der Waals surface area contributed by atoms with E-state index in [1.165, 1.54) is 0 Å². The van der Waals surface area contributed by atoms with Gasteiger partial charge in [-0.25, -0.2) is 0 Å². The van der Waals surface area contributed by atoms with Gasteiger partial charge in [0.15, 0.2) is 0 Å². The third-order valence-electron chi connectivity index (χ3n) is 4.00. The Hall–Kier alpha value is -0.780. The Morgan fingerprint density at radius 3 is 2.86 bits per heavy atom. The van der Waals surface area contributed by atoms with Gasteiger partial charge >= 0.3 is 0 Å². The first-order chi connectivity index (χ1) is 10.5. The van der Waals surface area contributed by atoms with Gasteiger partial charge in [-0.15, -0.1) is 0 Å². The number of amides is 1. The summed E-state index contributed by atoms with van der Waals surface area (Å²) in [6, 6.07) is 5.33. The molecule has 1 amide bonds. The summed E-state index contributed by atoms with van der Waals surface area (Å²) in [7, 11) is 0. The van der Waals surface area contributed by atoms with Crippen LogP contribution in [0.2, 0.25) is 5.02 Å². The first kappa shape index (κ1) is 17.6. The molecule has 2 rings (SSSR count). The number of halogens is 2. The van der Waals surface area contributed by atoms with Crippen LogP contribution < -0.4 is 15.4 Å². The molecule has 1 aliphatic rings. The zero-order valence-electron chi connectivity index (χ0n) is 12.8. The van der Waals surface area contributed by atoms with E-state index in [0.29, 0.717) is 23.8 Å². The highest BCUT2D eigenvalue weighted by Crippen LogP contribution is 2.28. The number of nitrogens with one attached hydrogen (secondary N) is 2. The maximum atomic E-state index is 11.9. The highest BCUT2D eigenvalue weighted by molar-refractivity contribution is 9.10. The minimum Gasteiger partial charge on any atom is -0.492 e. The maximum absolute atomic E-state index is 11.9. The van der Waals surface area contributed by atoms with Gasteiger partial charge in [0.05, 0.1) is 17.5 Å². The molecule has 2 N–H and O–H groups in total. The average Bonchev–Trinajstić information content (AvgIpc) is 2.48. The first-order valence-corrected chi connectivity index (χ1v) is 8.71. The number of hydrogen-bond acceptors (Lipinski definition) is 3. The van der Waals surface area contributed by atoms with Crippen LogP contribution in [0.3, 0.4) is 0 Å². The molecule has 1 heterocycles. The Morgan fingerprint density at radius 1 is 1.45 bits per heavy atom. The molecule has 1 saturated heterocycles. The molecular formula is C16H22BrClN2O2. The fraction of sp³-hybridized carbons (Fsp3) is 0.562. The predicted octanol–water partition coefficient (Wildman–Crippen LogP) is 3.38. The molecule has 0 aliphatic carbocycles. The van der Waals surface area contributed by atoms with Crippen molar-refractivity contribution < 1.29 is 9.53 Å². The fourth-order valence-corrected chi connectivity index (χ4v) is 3.25. The number of carbonyl (C=O) groups is 1. The second kappa shape index (κ2) is 8.18. The Kier molecular flexibility index (Phi) is 6.53. The molecule has 1 fully saturated rings. The summed E-state index contributed by atoms with van der Waals surface area (Å²) in [4.78, 5) is 11.9. The summed E-state index contributed by atoms with van der Waals surface area (Å²) < 4.78 is 6.40. The van der Waals surface area contributed by atoms with Crippen molar-refractivity contribution in [2.24, 2.45) is 5.41 Å². The second-order valence-corrected chi connectivity index (χ2v) is 7.30. The average molecular weight is 390 g/mol. The Balaban J connectivity index is 1.69. The lowest BCUT2D eigenvalue weighted by Gasteiger charge is -2.34. The molecule has 1 aliphatic heterocycles. The lowest BCUT2D eigenvalue weighted by molar-refractivity contribution is -0.122. The van der Waals surface area contributed by atoms with E-state index in [-0.39, 0.29) is 11.3 Å². The zero-order valence-corrected chi connectivity index (χ0v) is 15.1. The van der Waals surface area contributed by atoms with Gasteiger partial charge in [0.1, 0.15) is 5.75 Å². The molecule has 0 unspecified atom stereocenters. The maximum Gasteiger partial charge on any atom is 0.223 e. The van der Waals surface area contributed by atoms with Gasteiger partial charge in [-0.05, 0) is 65.5 Å². The lowest BCUT2D eigenvalue weighted by atomic mass is 9.81. The van der Waals surface area contributed by atoms with Crippen molar-refractivity contribution in [2.45, 2.75) is 26.2 Å². The van der Waals surface area contributed by atoms with E-state index in [4.69, 9.17) is 16.3 Å². The summed E-state index contributed by atoms with van der Waals surface area (Å²) in [6.07, 6.45) is 2.55. The highest BCUT2D eigenvalue weighted by atomic mass is 79.9. The molecule has 0 spiro atoms. The van der Waals surface area contributed by atoms with E-state index in [2.05, 4.69) is 33.5 Å². The van der Waals surface area contributed by atoms with Gasteiger partial charge in [-0.1, -0.05) is 18.5 Å². The van der Waals surface area contributed by atoms with Crippen LogP contribution in [0.25, 0.3) is 0 Å². The van der Waals surface area contributed by atoms with Gasteiger partial charge in [-0.2, -0.15) is 0 Å². The molecule has 1 aromatic carbocycles. The molecule has 0 aromatic heterocycles. The molecule has 22 heavy (non-hydrogen) atoms. The predicted molar refractivity (Wildman–Crippen MR) is 92.5 cm³/mol. The SMILES string of the molecule is CC1(CNC(=O)CCOc2ccc(Cl)cc2Br)CCNCC1. The van der Waals surface area contributed by atoms with Crippen LogP contribution in [0, 0.1) is 5.41 Å². The molecule has 6 heteroatoms. The summed E-state index contributed by atoms with van der Waals surface area (Å²) in [5.41, 5.74) is 0.209. The van der Waals surface area contributed by atoms with E-state index >= 15 is 0 Å². The van der Waals surface area contributed by atoms with Crippen molar-refractivity contribution in [3.8, 4) is 5.75 Å². The van der Waals surface area contributed by atoms with Crippen LogP contribution in [0.4, 0.5) is 0 Å². The molecule has 1 aromatic rings. The molecule has 0 radical (unpaired) electrons. The third kappa shape index (κ3) is 5.45. The standard InChI is InChI=1S/C16H22BrClN2O2/c1-16(5-7-19-8-6-16)11-20-15(21)4-9-22-14-3-2-12(18)10-13(14)17/h2-3,10,19H,4-9,11H2,1H3,(H,20,21).